The Morgan fingerprint density at radius 1 is 1.16 bits per heavy atom. The van der Waals surface area contributed by atoms with Gasteiger partial charge in [0.2, 0.25) is 15.9 Å². The lowest BCUT2D eigenvalue weighted by atomic mass is 10.1. The molecule has 2 rings (SSSR count). The Morgan fingerprint density at radius 3 is 2.35 bits per heavy atom. The summed E-state index contributed by atoms with van der Waals surface area (Å²) in [4.78, 5) is 23.1. The first-order valence-corrected chi connectivity index (χ1v) is 11.1. The molecule has 1 atom stereocenters. The second-order valence-electron chi connectivity index (χ2n) is 6.90. The van der Waals surface area contributed by atoms with Crippen molar-refractivity contribution in [3.63, 3.8) is 0 Å². The van der Waals surface area contributed by atoms with Gasteiger partial charge in [-0.3, -0.25) is 19.2 Å². The topological polar surface area (TPSA) is 128 Å². The van der Waals surface area contributed by atoms with Crippen LogP contribution in [-0.2, 0) is 14.8 Å². The molecule has 0 bridgehead atoms. The van der Waals surface area contributed by atoms with Crippen molar-refractivity contribution in [1.29, 1.82) is 0 Å². The van der Waals surface area contributed by atoms with Crippen molar-refractivity contribution in [3.8, 4) is 11.5 Å². The SMILES string of the molecule is COc1ccc(C(C)NC(=O)CN(c2cc([N+](=O)[O-])ccc2C)S(C)(=O)=O)cc1OC. The van der Waals surface area contributed by atoms with E-state index < -0.39 is 33.4 Å². The molecule has 1 amide bonds. The number of carbonyl (C=O) groups excluding carboxylic acids is 1. The fraction of sp³-hybridized carbons (Fsp3) is 0.350. The molecule has 168 valence electrons. The van der Waals surface area contributed by atoms with Crippen molar-refractivity contribution in [1.82, 2.24) is 5.32 Å². The molecule has 0 saturated carbocycles. The first-order chi connectivity index (χ1) is 14.5. The number of hydrogen-bond donors (Lipinski definition) is 1. The van der Waals surface area contributed by atoms with E-state index in [0.29, 0.717) is 17.1 Å². The van der Waals surface area contributed by atoms with Crippen LogP contribution in [0.4, 0.5) is 11.4 Å². The molecule has 0 fully saturated rings. The third-order valence-electron chi connectivity index (χ3n) is 4.64. The van der Waals surface area contributed by atoms with Crippen LogP contribution in [0.25, 0.3) is 0 Å². The minimum atomic E-state index is -3.88. The summed E-state index contributed by atoms with van der Waals surface area (Å²) in [5.74, 6) is 0.457. The number of carbonyl (C=O) groups is 1. The largest absolute Gasteiger partial charge is 0.493 e. The minimum Gasteiger partial charge on any atom is -0.493 e. The van der Waals surface area contributed by atoms with Gasteiger partial charge in [-0.05, 0) is 37.1 Å². The van der Waals surface area contributed by atoms with Crippen LogP contribution in [0.1, 0.15) is 24.1 Å². The second kappa shape index (κ2) is 9.65. The lowest BCUT2D eigenvalue weighted by Gasteiger charge is -2.24. The average Bonchev–Trinajstić information content (AvgIpc) is 2.71. The van der Waals surface area contributed by atoms with Crippen molar-refractivity contribution >= 4 is 27.3 Å². The number of benzene rings is 2. The Kier molecular flexibility index (Phi) is 7.45. The molecule has 0 aliphatic rings. The Labute approximate surface area is 181 Å². The quantitative estimate of drug-likeness (QED) is 0.458. The van der Waals surface area contributed by atoms with Gasteiger partial charge in [-0.15, -0.1) is 0 Å². The molecule has 0 aliphatic carbocycles. The van der Waals surface area contributed by atoms with Crippen LogP contribution in [0.5, 0.6) is 11.5 Å². The number of hydrogen-bond acceptors (Lipinski definition) is 7. The molecule has 0 aromatic heterocycles. The van der Waals surface area contributed by atoms with Gasteiger partial charge in [0.25, 0.3) is 5.69 Å². The highest BCUT2D eigenvalue weighted by Gasteiger charge is 2.25. The fourth-order valence-electron chi connectivity index (χ4n) is 2.98. The van der Waals surface area contributed by atoms with Crippen LogP contribution in [0.3, 0.4) is 0 Å². The number of nitro benzene ring substituents is 1. The van der Waals surface area contributed by atoms with Crippen molar-refractivity contribution in [2.45, 2.75) is 19.9 Å². The normalized spacial score (nSPS) is 12.0. The zero-order valence-corrected chi connectivity index (χ0v) is 18.7. The maximum absolute atomic E-state index is 12.7. The van der Waals surface area contributed by atoms with Gasteiger partial charge in [-0.1, -0.05) is 12.1 Å². The zero-order chi connectivity index (χ0) is 23.3. The number of nitrogens with one attached hydrogen (secondary N) is 1. The van der Waals surface area contributed by atoms with E-state index in [2.05, 4.69) is 5.32 Å². The van der Waals surface area contributed by atoms with Crippen molar-refractivity contribution in [3.05, 3.63) is 57.6 Å². The van der Waals surface area contributed by atoms with E-state index in [1.807, 2.05) is 0 Å². The lowest BCUT2D eigenvalue weighted by Crippen LogP contribution is -2.41. The molecule has 0 heterocycles. The summed E-state index contributed by atoms with van der Waals surface area (Å²) in [5.41, 5.74) is 1.01. The van der Waals surface area contributed by atoms with Crippen molar-refractivity contribution in [2.24, 2.45) is 0 Å². The highest BCUT2D eigenvalue weighted by molar-refractivity contribution is 7.92. The number of sulfonamides is 1. The third kappa shape index (κ3) is 5.85. The van der Waals surface area contributed by atoms with Gasteiger partial charge < -0.3 is 14.8 Å². The summed E-state index contributed by atoms with van der Waals surface area (Å²) in [6.45, 7) is 2.82. The molecular weight excluding hydrogens is 426 g/mol. The van der Waals surface area contributed by atoms with Crippen molar-refractivity contribution in [2.75, 3.05) is 31.3 Å². The molecule has 31 heavy (non-hydrogen) atoms. The molecule has 2 aromatic carbocycles. The summed E-state index contributed by atoms with van der Waals surface area (Å²) in [6, 6.07) is 8.57. The molecule has 0 radical (unpaired) electrons. The van der Waals surface area contributed by atoms with E-state index in [9.17, 15) is 23.3 Å². The monoisotopic (exact) mass is 451 g/mol. The van der Waals surface area contributed by atoms with E-state index in [1.54, 1.807) is 32.0 Å². The second-order valence-corrected chi connectivity index (χ2v) is 8.81. The summed E-state index contributed by atoms with van der Waals surface area (Å²) in [7, 11) is -0.876. The summed E-state index contributed by atoms with van der Waals surface area (Å²) in [6.07, 6.45) is 0.941. The first kappa shape index (κ1) is 23.9. The van der Waals surface area contributed by atoms with Gasteiger partial charge >= 0.3 is 0 Å². The molecule has 11 heteroatoms. The number of nitrogens with zero attached hydrogens (tertiary/aromatic N) is 2. The summed E-state index contributed by atoms with van der Waals surface area (Å²) < 4.78 is 36.0. The van der Waals surface area contributed by atoms with E-state index in [4.69, 9.17) is 9.47 Å². The van der Waals surface area contributed by atoms with Gasteiger partial charge in [0.15, 0.2) is 11.5 Å². The van der Waals surface area contributed by atoms with Crippen LogP contribution >= 0.6 is 0 Å². The number of amides is 1. The van der Waals surface area contributed by atoms with E-state index in [1.165, 1.54) is 26.4 Å². The maximum atomic E-state index is 12.7. The fourth-order valence-corrected chi connectivity index (χ4v) is 3.89. The number of rotatable bonds is 9. The predicted molar refractivity (Wildman–Crippen MR) is 116 cm³/mol. The molecule has 0 saturated heterocycles. The number of nitro groups is 1. The van der Waals surface area contributed by atoms with Crippen LogP contribution in [-0.4, -0.2) is 46.3 Å². The highest BCUT2D eigenvalue weighted by atomic mass is 32.2. The van der Waals surface area contributed by atoms with Crippen LogP contribution in [0, 0.1) is 17.0 Å². The standard InChI is InChI=1S/C20H25N3O7S/c1-13-6-8-16(23(25)26)11-17(13)22(31(5,27)28)12-20(24)21-14(2)15-7-9-18(29-3)19(10-15)30-4/h6-11,14H,12H2,1-5H3,(H,21,24). The molecule has 0 spiro atoms. The number of ether oxygens (including phenoxy) is 2. The molecule has 10 nitrogen and oxygen atoms in total. The Hall–Kier alpha value is -3.34. The molecule has 2 aromatic rings. The van der Waals surface area contributed by atoms with E-state index in [0.717, 1.165) is 22.2 Å². The third-order valence-corrected chi connectivity index (χ3v) is 5.77. The van der Waals surface area contributed by atoms with E-state index >= 15 is 0 Å². The molecular formula is C20H25N3O7S. The maximum Gasteiger partial charge on any atom is 0.271 e. The van der Waals surface area contributed by atoms with Gasteiger partial charge in [0.1, 0.15) is 6.54 Å². The Morgan fingerprint density at radius 2 is 1.81 bits per heavy atom. The van der Waals surface area contributed by atoms with Crippen LogP contribution in [0.15, 0.2) is 36.4 Å². The van der Waals surface area contributed by atoms with Gasteiger partial charge in [0.05, 0.1) is 37.1 Å². The van der Waals surface area contributed by atoms with Crippen LogP contribution in [0.2, 0.25) is 0 Å². The van der Waals surface area contributed by atoms with Gasteiger partial charge in [-0.2, -0.15) is 0 Å². The first-order valence-electron chi connectivity index (χ1n) is 9.22. The predicted octanol–water partition coefficient (Wildman–Crippen LogP) is 2.56. The molecule has 1 unspecified atom stereocenters. The number of anilines is 1. The number of non-ortho nitro benzene ring substituents is 1. The summed E-state index contributed by atoms with van der Waals surface area (Å²) in [5, 5.41) is 13.8. The van der Waals surface area contributed by atoms with Crippen LogP contribution < -0.4 is 19.1 Å². The van der Waals surface area contributed by atoms with E-state index in [-0.39, 0.29) is 11.4 Å². The highest BCUT2D eigenvalue weighted by Crippen LogP contribution is 2.30. The average molecular weight is 452 g/mol. The molecule has 0 aliphatic heterocycles. The van der Waals surface area contributed by atoms with Gasteiger partial charge in [0, 0.05) is 12.1 Å². The molecule has 1 N–H and O–H groups in total. The zero-order valence-electron chi connectivity index (χ0n) is 17.9. The smallest absolute Gasteiger partial charge is 0.271 e. The minimum absolute atomic E-state index is 0.0746. The number of methoxy groups -OCH3 is 2. The van der Waals surface area contributed by atoms with Crippen molar-refractivity contribution < 1.29 is 27.6 Å². The van der Waals surface area contributed by atoms with Gasteiger partial charge in [-0.25, -0.2) is 8.42 Å². The summed E-state index contributed by atoms with van der Waals surface area (Å²) >= 11 is 0. The Balaban J connectivity index is 2.27. The lowest BCUT2D eigenvalue weighted by molar-refractivity contribution is -0.384. The Bertz CT molecular complexity index is 1090. The number of aryl methyl sites for hydroxylation is 1.